The summed E-state index contributed by atoms with van der Waals surface area (Å²) >= 11 is 0. The van der Waals surface area contributed by atoms with Crippen LogP contribution in [0.4, 0.5) is 22.1 Å². The topological polar surface area (TPSA) is 88.2 Å². The molecular weight excluding hydrogens is 342 g/mol. The SMILES string of the molecule is O=C(Nc1ccc(Nc2ccc(Oc3ccccc3)cc2)nn1)NC1CC1. The first-order valence-electron chi connectivity index (χ1n) is 8.76. The number of ether oxygens (including phenoxy) is 1. The number of hydrogen-bond acceptors (Lipinski definition) is 5. The molecule has 1 fully saturated rings. The van der Waals surface area contributed by atoms with Crippen LogP contribution >= 0.6 is 0 Å². The lowest BCUT2D eigenvalue weighted by molar-refractivity contribution is 0.251. The number of urea groups is 1. The minimum atomic E-state index is -0.249. The van der Waals surface area contributed by atoms with Crippen LogP contribution in [0.2, 0.25) is 0 Å². The van der Waals surface area contributed by atoms with Crippen LogP contribution in [0, 0.1) is 0 Å². The number of aromatic nitrogens is 2. The summed E-state index contributed by atoms with van der Waals surface area (Å²) in [7, 11) is 0. The maximum Gasteiger partial charge on any atom is 0.320 e. The number of para-hydroxylation sites is 1. The number of hydrogen-bond donors (Lipinski definition) is 3. The van der Waals surface area contributed by atoms with Gasteiger partial charge in [-0.25, -0.2) is 4.79 Å². The van der Waals surface area contributed by atoms with E-state index >= 15 is 0 Å². The second-order valence-corrected chi connectivity index (χ2v) is 6.24. The van der Waals surface area contributed by atoms with E-state index in [1.807, 2.05) is 54.6 Å². The van der Waals surface area contributed by atoms with E-state index in [4.69, 9.17) is 4.74 Å². The molecule has 3 aromatic rings. The molecular formula is C20H19N5O2. The van der Waals surface area contributed by atoms with Gasteiger partial charge in [-0.15, -0.1) is 10.2 Å². The summed E-state index contributed by atoms with van der Waals surface area (Å²) in [5, 5.41) is 16.7. The normalized spacial score (nSPS) is 12.9. The van der Waals surface area contributed by atoms with Gasteiger partial charge >= 0.3 is 6.03 Å². The highest BCUT2D eigenvalue weighted by Crippen LogP contribution is 2.24. The standard InChI is InChI=1S/C20H19N5O2/c26-20(22-15-6-7-15)23-19-13-12-18(24-25-19)21-14-8-10-17(11-9-14)27-16-4-2-1-3-5-16/h1-5,8-13,15H,6-7H2,(H,21,24)(H2,22,23,25,26). The molecule has 1 aliphatic rings. The van der Waals surface area contributed by atoms with Crippen LogP contribution in [0.5, 0.6) is 11.5 Å². The van der Waals surface area contributed by atoms with Gasteiger partial charge in [0.15, 0.2) is 11.6 Å². The van der Waals surface area contributed by atoms with Gasteiger partial charge < -0.3 is 15.4 Å². The quantitative estimate of drug-likeness (QED) is 0.609. The van der Waals surface area contributed by atoms with Crippen LogP contribution in [-0.2, 0) is 0 Å². The zero-order valence-electron chi connectivity index (χ0n) is 14.6. The van der Waals surface area contributed by atoms with Crippen LogP contribution in [0.15, 0.2) is 66.7 Å². The van der Waals surface area contributed by atoms with Gasteiger partial charge in [-0.3, -0.25) is 5.32 Å². The van der Waals surface area contributed by atoms with Crippen LogP contribution in [0.3, 0.4) is 0 Å². The van der Waals surface area contributed by atoms with Gasteiger partial charge in [0.2, 0.25) is 0 Å². The Labute approximate surface area is 156 Å². The summed E-state index contributed by atoms with van der Waals surface area (Å²) in [5.41, 5.74) is 0.858. The van der Waals surface area contributed by atoms with Gasteiger partial charge in [0.05, 0.1) is 0 Å². The van der Waals surface area contributed by atoms with E-state index in [0.717, 1.165) is 30.0 Å². The van der Waals surface area contributed by atoms with Crippen LogP contribution < -0.4 is 20.7 Å². The molecule has 0 saturated heterocycles. The average Bonchev–Trinajstić information content (AvgIpc) is 3.50. The number of carbonyl (C=O) groups is 1. The Bertz CT molecular complexity index is 894. The van der Waals surface area contributed by atoms with E-state index in [1.54, 1.807) is 12.1 Å². The number of rotatable bonds is 6. The molecule has 1 heterocycles. The summed E-state index contributed by atoms with van der Waals surface area (Å²) in [6.45, 7) is 0. The highest BCUT2D eigenvalue weighted by atomic mass is 16.5. The molecule has 0 atom stereocenters. The summed E-state index contributed by atoms with van der Waals surface area (Å²) in [4.78, 5) is 11.7. The number of carbonyl (C=O) groups excluding carboxylic acids is 1. The monoisotopic (exact) mass is 361 g/mol. The molecule has 1 aromatic heterocycles. The molecule has 0 spiro atoms. The lowest BCUT2D eigenvalue weighted by atomic mass is 10.3. The Balaban J connectivity index is 1.32. The molecule has 7 nitrogen and oxygen atoms in total. The summed E-state index contributed by atoms with van der Waals surface area (Å²) in [6, 6.07) is 20.7. The van der Waals surface area contributed by atoms with Crippen molar-refractivity contribution in [3.63, 3.8) is 0 Å². The number of anilines is 3. The minimum absolute atomic E-state index is 0.249. The molecule has 3 N–H and O–H groups in total. The maximum atomic E-state index is 11.7. The van der Waals surface area contributed by atoms with Crippen LogP contribution in [-0.4, -0.2) is 22.3 Å². The van der Waals surface area contributed by atoms with E-state index in [9.17, 15) is 4.79 Å². The first-order chi connectivity index (χ1) is 13.2. The average molecular weight is 361 g/mol. The predicted octanol–water partition coefficient (Wildman–Crippen LogP) is 4.30. The highest BCUT2D eigenvalue weighted by Gasteiger charge is 2.23. The maximum absolute atomic E-state index is 11.7. The fraction of sp³-hybridized carbons (Fsp3) is 0.150. The zero-order chi connectivity index (χ0) is 18.5. The smallest absolute Gasteiger partial charge is 0.320 e. The highest BCUT2D eigenvalue weighted by molar-refractivity contribution is 5.88. The van der Waals surface area contributed by atoms with E-state index in [1.165, 1.54) is 0 Å². The summed E-state index contributed by atoms with van der Waals surface area (Å²) < 4.78 is 5.77. The zero-order valence-corrected chi connectivity index (χ0v) is 14.6. The van der Waals surface area contributed by atoms with E-state index in [-0.39, 0.29) is 6.03 Å². The van der Waals surface area contributed by atoms with Crippen molar-refractivity contribution in [1.82, 2.24) is 15.5 Å². The molecule has 4 rings (SSSR count). The molecule has 27 heavy (non-hydrogen) atoms. The van der Waals surface area contributed by atoms with Gasteiger partial charge in [-0.1, -0.05) is 18.2 Å². The molecule has 0 aliphatic heterocycles. The van der Waals surface area contributed by atoms with Crippen molar-refractivity contribution in [2.75, 3.05) is 10.6 Å². The Kier molecular flexibility index (Phi) is 4.82. The third kappa shape index (κ3) is 4.94. The van der Waals surface area contributed by atoms with Crippen molar-refractivity contribution >= 4 is 23.4 Å². The lowest BCUT2D eigenvalue weighted by Crippen LogP contribution is -2.30. The van der Waals surface area contributed by atoms with Crippen molar-refractivity contribution in [3.05, 3.63) is 66.7 Å². The number of benzene rings is 2. The first-order valence-corrected chi connectivity index (χ1v) is 8.76. The van der Waals surface area contributed by atoms with Crippen molar-refractivity contribution in [2.24, 2.45) is 0 Å². The summed E-state index contributed by atoms with van der Waals surface area (Å²) in [6.07, 6.45) is 2.08. The van der Waals surface area contributed by atoms with Crippen LogP contribution in [0.25, 0.3) is 0 Å². The van der Waals surface area contributed by atoms with Gasteiger partial charge in [-0.2, -0.15) is 0 Å². The minimum Gasteiger partial charge on any atom is -0.457 e. The third-order valence-corrected chi connectivity index (χ3v) is 3.92. The molecule has 1 aliphatic carbocycles. The van der Waals surface area contributed by atoms with E-state index in [0.29, 0.717) is 17.7 Å². The third-order valence-electron chi connectivity index (χ3n) is 3.92. The lowest BCUT2D eigenvalue weighted by Gasteiger charge is -2.09. The van der Waals surface area contributed by atoms with Crippen LogP contribution in [0.1, 0.15) is 12.8 Å². The molecule has 0 unspecified atom stereocenters. The van der Waals surface area contributed by atoms with Crippen molar-refractivity contribution in [1.29, 1.82) is 0 Å². The molecule has 136 valence electrons. The molecule has 7 heteroatoms. The Morgan fingerprint density at radius 2 is 1.52 bits per heavy atom. The number of nitrogens with zero attached hydrogens (tertiary/aromatic N) is 2. The largest absolute Gasteiger partial charge is 0.457 e. The molecule has 2 amide bonds. The molecule has 0 radical (unpaired) electrons. The Hall–Kier alpha value is -3.61. The summed E-state index contributed by atoms with van der Waals surface area (Å²) in [5.74, 6) is 2.53. The van der Waals surface area contributed by atoms with Gasteiger partial charge in [0.1, 0.15) is 11.5 Å². The number of nitrogens with one attached hydrogen (secondary N) is 3. The molecule has 1 saturated carbocycles. The number of amides is 2. The second-order valence-electron chi connectivity index (χ2n) is 6.24. The van der Waals surface area contributed by atoms with E-state index in [2.05, 4.69) is 26.1 Å². The molecule has 2 aromatic carbocycles. The Morgan fingerprint density at radius 3 is 2.19 bits per heavy atom. The van der Waals surface area contributed by atoms with Crippen molar-refractivity contribution < 1.29 is 9.53 Å². The van der Waals surface area contributed by atoms with Gasteiger partial charge in [-0.05, 0) is 61.4 Å². The fourth-order valence-electron chi connectivity index (χ4n) is 2.41. The predicted molar refractivity (Wildman–Crippen MR) is 103 cm³/mol. The fourth-order valence-corrected chi connectivity index (χ4v) is 2.41. The van der Waals surface area contributed by atoms with Gasteiger partial charge in [0, 0.05) is 11.7 Å². The first kappa shape index (κ1) is 16.8. The second kappa shape index (κ2) is 7.74. The van der Waals surface area contributed by atoms with Crippen molar-refractivity contribution in [3.8, 4) is 11.5 Å². The van der Waals surface area contributed by atoms with E-state index < -0.39 is 0 Å². The molecule has 0 bridgehead atoms. The Morgan fingerprint density at radius 1 is 0.852 bits per heavy atom. The van der Waals surface area contributed by atoms with Crippen molar-refractivity contribution in [2.45, 2.75) is 18.9 Å². The van der Waals surface area contributed by atoms with Gasteiger partial charge in [0.25, 0.3) is 0 Å².